The Bertz CT molecular complexity index is 781. The highest BCUT2D eigenvalue weighted by Gasteiger charge is 2.28. The number of hydrogen-bond donors (Lipinski definition) is 5. The van der Waals surface area contributed by atoms with Gasteiger partial charge in [-0.25, -0.2) is 4.57 Å². The van der Waals surface area contributed by atoms with Gasteiger partial charge in [0.25, 0.3) is 0 Å². The Hall–Kier alpha value is -1.06. The topological polar surface area (TPSA) is 151 Å². The van der Waals surface area contributed by atoms with Crippen LogP contribution in [0.4, 0.5) is 0 Å². The molecule has 0 rings (SSSR count). The number of aliphatic hydroxyl groups is 2. The Morgan fingerprint density at radius 2 is 1.27 bits per heavy atom. The van der Waals surface area contributed by atoms with Crippen molar-refractivity contribution in [2.75, 3.05) is 19.8 Å². The lowest BCUT2D eigenvalue weighted by Crippen LogP contribution is -2.47. The SMILES string of the molecule is CCCCC/C=C\C/C=C\CCCCCCCC(O)CC(=O)NC(COP(=O)(O)OCCN)C(O)CCCCCCCCCC. The molecule has 0 aromatic rings. The predicted molar refractivity (Wildman–Crippen MR) is 186 cm³/mol. The lowest BCUT2D eigenvalue weighted by Gasteiger charge is -2.25. The number of nitrogens with two attached hydrogens (primary N) is 1. The lowest BCUT2D eigenvalue weighted by molar-refractivity contribution is -0.125. The molecule has 0 radical (unpaired) electrons. The van der Waals surface area contributed by atoms with E-state index in [1.165, 1.54) is 51.4 Å². The zero-order valence-corrected chi connectivity index (χ0v) is 29.6. The summed E-state index contributed by atoms with van der Waals surface area (Å²) in [5.41, 5.74) is 5.33. The summed E-state index contributed by atoms with van der Waals surface area (Å²) in [6, 6.07) is -0.896. The van der Waals surface area contributed by atoms with Crippen LogP contribution in [-0.2, 0) is 18.4 Å². The highest BCUT2D eigenvalue weighted by molar-refractivity contribution is 7.47. The number of aliphatic hydroxyl groups excluding tert-OH is 2. The Morgan fingerprint density at radius 1 is 0.756 bits per heavy atom. The summed E-state index contributed by atoms with van der Waals surface area (Å²) in [7, 11) is -4.36. The van der Waals surface area contributed by atoms with E-state index in [9.17, 15) is 24.5 Å². The minimum Gasteiger partial charge on any atom is -0.393 e. The fourth-order valence-corrected chi connectivity index (χ4v) is 5.85. The van der Waals surface area contributed by atoms with E-state index in [4.69, 9.17) is 14.8 Å². The predicted octanol–water partition coefficient (Wildman–Crippen LogP) is 8.02. The number of hydrogen-bond acceptors (Lipinski definition) is 7. The summed E-state index contributed by atoms with van der Waals surface area (Å²) >= 11 is 0. The van der Waals surface area contributed by atoms with Gasteiger partial charge < -0.3 is 26.2 Å². The fourth-order valence-electron chi connectivity index (χ4n) is 5.09. The quantitative estimate of drug-likeness (QED) is 0.0270. The van der Waals surface area contributed by atoms with Crippen LogP contribution in [0.5, 0.6) is 0 Å². The standard InChI is InChI=1S/C35H69N2O7P/c1-3-5-7-9-11-13-14-15-16-17-18-19-20-22-24-26-32(38)30-35(40)37-33(31-44-45(41,42)43-29-28-36)34(39)27-25-23-21-12-10-8-6-4-2/h11,13,15-16,32-34,38-39H,3-10,12,14,17-31,36H2,1-2H3,(H,37,40)(H,41,42)/b13-11-,16-15-. The van der Waals surface area contributed by atoms with Crippen molar-refractivity contribution in [3.8, 4) is 0 Å². The molecule has 266 valence electrons. The molecule has 45 heavy (non-hydrogen) atoms. The minimum atomic E-state index is -4.36. The maximum absolute atomic E-state index is 12.7. The van der Waals surface area contributed by atoms with Crippen molar-refractivity contribution in [3.63, 3.8) is 0 Å². The molecule has 1 amide bonds. The van der Waals surface area contributed by atoms with Crippen LogP contribution in [-0.4, -0.2) is 59.0 Å². The number of phosphoric ester groups is 1. The molecule has 0 spiro atoms. The van der Waals surface area contributed by atoms with Gasteiger partial charge in [-0.2, -0.15) is 0 Å². The molecule has 0 heterocycles. The molecule has 0 aromatic heterocycles. The summed E-state index contributed by atoms with van der Waals surface area (Å²) < 4.78 is 21.9. The molecule has 0 aliphatic carbocycles. The minimum absolute atomic E-state index is 0.0573. The van der Waals surface area contributed by atoms with Crippen LogP contribution >= 0.6 is 7.82 Å². The lowest BCUT2D eigenvalue weighted by atomic mass is 10.0. The van der Waals surface area contributed by atoms with E-state index < -0.39 is 32.0 Å². The first-order chi connectivity index (χ1) is 21.8. The van der Waals surface area contributed by atoms with Crippen molar-refractivity contribution in [2.45, 2.75) is 173 Å². The van der Waals surface area contributed by atoms with Gasteiger partial charge in [-0.3, -0.25) is 13.8 Å². The first-order valence-corrected chi connectivity index (χ1v) is 19.5. The average Bonchev–Trinajstić information content (AvgIpc) is 3.01. The Kier molecular flexibility index (Phi) is 30.8. The van der Waals surface area contributed by atoms with Crippen LogP contribution in [0.15, 0.2) is 24.3 Å². The van der Waals surface area contributed by atoms with E-state index in [0.29, 0.717) is 12.8 Å². The van der Waals surface area contributed by atoms with E-state index in [1.54, 1.807) is 0 Å². The molecule has 0 aliphatic rings. The third-order valence-electron chi connectivity index (χ3n) is 7.86. The molecule has 4 unspecified atom stereocenters. The highest BCUT2D eigenvalue weighted by atomic mass is 31.2. The number of allylic oxidation sites excluding steroid dienone is 4. The van der Waals surface area contributed by atoms with Gasteiger partial charge in [0.05, 0.1) is 37.9 Å². The fraction of sp³-hybridized carbons (Fsp3) is 0.857. The molecule has 0 fully saturated rings. The number of nitrogens with one attached hydrogen (secondary N) is 1. The molecule has 0 bridgehead atoms. The monoisotopic (exact) mass is 660 g/mol. The Morgan fingerprint density at radius 3 is 1.87 bits per heavy atom. The second-order valence-corrected chi connectivity index (χ2v) is 13.7. The molecule has 10 heteroatoms. The molecule has 0 saturated heterocycles. The maximum Gasteiger partial charge on any atom is 0.472 e. The smallest absolute Gasteiger partial charge is 0.393 e. The van der Waals surface area contributed by atoms with Crippen LogP contribution in [0.3, 0.4) is 0 Å². The summed E-state index contributed by atoms with van der Waals surface area (Å²) in [6.07, 6.45) is 29.5. The molecule has 4 atom stereocenters. The van der Waals surface area contributed by atoms with E-state index in [1.807, 2.05) is 0 Å². The Balaban J connectivity index is 4.35. The number of unbranched alkanes of at least 4 members (excludes halogenated alkanes) is 15. The number of carbonyl (C=O) groups is 1. The summed E-state index contributed by atoms with van der Waals surface area (Å²) in [4.78, 5) is 22.6. The van der Waals surface area contributed by atoms with Crippen molar-refractivity contribution < 1.29 is 33.5 Å². The van der Waals surface area contributed by atoms with E-state index in [0.717, 1.165) is 70.6 Å². The second kappa shape index (κ2) is 31.5. The van der Waals surface area contributed by atoms with Crippen LogP contribution in [0, 0.1) is 0 Å². The van der Waals surface area contributed by atoms with E-state index >= 15 is 0 Å². The first-order valence-electron chi connectivity index (χ1n) is 18.0. The summed E-state index contributed by atoms with van der Waals surface area (Å²) in [6.45, 7) is 3.94. The summed E-state index contributed by atoms with van der Waals surface area (Å²) in [5, 5.41) is 23.9. The maximum atomic E-state index is 12.7. The van der Waals surface area contributed by atoms with E-state index in [2.05, 4.69) is 43.5 Å². The zero-order chi connectivity index (χ0) is 33.4. The van der Waals surface area contributed by atoms with Crippen molar-refractivity contribution in [1.29, 1.82) is 0 Å². The number of phosphoric acid groups is 1. The normalized spacial score (nSPS) is 15.4. The number of amides is 1. The van der Waals surface area contributed by atoms with Crippen LogP contribution < -0.4 is 11.1 Å². The third kappa shape index (κ3) is 30.0. The molecule has 9 nitrogen and oxygen atoms in total. The molecule has 0 aromatic carbocycles. The van der Waals surface area contributed by atoms with Crippen LogP contribution in [0.1, 0.15) is 155 Å². The zero-order valence-electron chi connectivity index (χ0n) is 28.7. The molecule has 6 N–H and O–H groups in total. The van der Waals surface area contributed by atoms with Gasteiger partial charge in [-0.05, 0) is 44.9 Å². The van der Waals surface area contributed by atoms with Gasteiger partial charge in [-0.1, -0.05) is 128 Å². The van der Waals surface area contributed by atoms with Crippen molar-refractivity contribution in [3.05, 3.63) is 24.3 Å². The molecule has 0 saturated carbocycles. The van der Waals surface area contributed by atoms with E-state index in [-0.39, 0.29) is 26.2 Å². The van der Waals surface area contributed by atoms with Crippen LogP contribution in [0.2, 0.25) is 0 Å². The molecule has 0 aliphatic heterocycles. The molecular formula is C35H69N2O7P. The summed E-state index contributed by atoms with van der Waals surface area (Å²) in [5.74, 6) is -0.427. The Labute approximate surface area is 275 Å². The van der Waals surface area contributed by atoms with Gasteiger partial charge >= 0.3 is 7.82 Å². The van der Waals surface area contributed by atoms with Crippen molar-refractivity contribution in [1.82, 2.24) is 5.32 Å². The largest absolute Gasteiger partial charge is 0.472 e. The molecular weight excluding hydrogens is 591 g/mol. The highest BCUT2D eigenvalue weighted by Crippen LogP contribution is 2.43. The second-order valence-electron chi connectivity index (χ2n) is 12.3. The van der Waals surface area contributed by atoms with Gasteiger partial charge in [0, 0.05) is 6.54 Å². The number of carbonyl (C=O) groups excluding carboxylic acids is 1. The van der Waals surface area contributed by atoms with Crippen LogP contribution in [0.25, 0.3) is 0 Å². The van der Waals surface area contributed by atoms with Crippen molar-refractivity contribution >= 4 is 13.7 Å². The van der Waals surface area contributed by atoms with Gasteiger partial charge in [0.1, 0.15) is 0 Å². The third-order valence-corrected chi connectivity index (χ3v) is 8.85. The van der Waals surface area contributed by atoms with Gasteiger partial charge in [0.15, 0.2) is 0 Å². The first kappa shape index (κ1) is 43.9. The van der Waals surface area contributed by atoms with Crippen molar-refractivity contribution in [2.24, 2.45) is 5.73 Å². The van der Waals surface area contributed by atoms with Gasteiger partial charge in [0.2, 0.25) is 5.91 Å². The van der Waals surface area contributed by atoms with Gasteiger partial charge in [-0.15, -0.1) is 0 Å². The number of rotatable bonds is 33. The average molecular weight is 661 g/mol.